The van der Waals surface area contributed by atoms with Crippen molar-refractivity contribution in [1.82, 2.24) is 9.80 Å². The molecule has 0 spiro atoms. The Hall–Kier alpha value is -3.59. The van der Waals surface area contributed by atoms with Gasteiger partial charge in [-0.2, -0.15) is 5.10 Å². The highest BCUT2D eigenvalue weighted by Crippen LogP contribution is 2.41. The molecule has 1 unspecified atom stereocenters. The van der Waals surface area contributed by atoms with Gasteiger partial charge in [0.2, 0.25) is 18.6 Å². The Morgan fingerprint density at radius 1 is 0.938 bits per heavy atom. The van der Waals surface area contributed by atoms with Crippen molar-refractivity contribution in [1.29, 1.82) is 0 Å². The molecule has 0 saturated carbocycles. The molecule has 5 rings (SSSR count). The number of nitrogens with zero attached hydrogens (tertiary/aromatic N) is 4. The predicted octanol–water partition coefficient (Wildman–Crippen LogP) is 3.04. The first kappa shape index (κ1) is 20.3. The number of halogens is 1. The third-order valence-corrected chi connectivity index (χ3v) is 6.12. The van der Waals surface area contributed by atoms with Crippen LogP contribution < -0.4 is 14.5 Å². The quantitative estimate of drug-likeness (QED) is 0.662. The Labute approximate surface area is 188 Å². The van der Waals surface area contributed by atoms with E-state index in [1.54, 1.807) is 17.1 Å². The Morgan fingerprint density at radius 2 is 1.59 bits per heavy atom. The molecule has 0 aromatic heterocycles. The number of fused-ring (bicyclic) bond motifs is 1. The molecule has 0 aliphatic carbocycles. The summed E-state index contributed by atoms with van der Waals surface area (Å²) in [4.78, 5) is 39.8. The molecule has 10 heteroatoms. The summed E-state index contributed by atoms with van der Waals surface area (Å²) in [5.41, 5.74) is 2.03. The van der Waals surface area contributed by atoms with Crippen molar-refractivity contribution in [2.75, 3.05) is 25.9 Å². The van der Waals surface area contributed by atoms with Crippen LogP contribution >= 0.6 is 11.6 Å². The highest BCUT2D eigenvalue weighted by Gasteiger charge is 2.48. The monoisotopic (exact) mass is 454 g/mol. The maximum atomic E-state index is 12.9. The zero-order valence-electron chi connectivity index (χ0n) is 17.3. The van der Waals surface area contributed by atoms with E-state index in [1.165, 1.54) is 14.1 Å². The summed E-state index contributed by atoms with van der Waals surface area (Å²) in [5.74, 6) is -1.04. The first-order chi connectivity index (χ1) is 15.3. The molecule has 0 radical (unpaired) electrons. The van der Waals surface area contributed by atoms with Gasteiger partial charge in [0, 0.05) is 25.5 Å². The molecule has 1 fully saturated rings. The molecule has 3 aliphatic heterocycles. The number of hydrogen-bond donors (Lipinski definition) is 0. The fraction of sp³-hybridized carbons (Fsp3) is 0.273. The fourth-order valence-corrected chi connectivity index (χ4v) is 4.24. The van der Waals surface area contributed by atoms with Crippen LogP contribution in [0.15, 0.2) is 47.6 Å². The Morgan fingerprint density at radius 3 is 2.28 bits per heavy atom. The van der Waals surface area contributed by atoms with Gasteiger partial charge in [0.1, 0.15) is 0 Å². The summed E-state index contributed by atoms with van der Waals surface area (Å²) in [6, 6.07) is 11.8. The number of urea groups is 1. The topological polar surface area (TPSA) is 91.8 Å². The number of anilines is 1. The van der Waals surface area contributed by atoms with E-state index in [0.29, 0.717) is 28.7 Å². The second kappa shape index (κ2) is 7.52. The largest absolute Gasteiger partial charge is 0.454 e. The van der Waals surface area contributed by atoms with Crippen LogP contribution in [0.25, 0.3) is 0 Å². The smallest absolute Gasteiger partial charge is 0.332 e. The molecule has 164 valence electrons. The van der Waals surface area contributed by atoms with Gasteiger partial charge in [-0.05, 0) is 42.0 Å². The maximum absolute atomic E-state index is 12.9. The van der Waals surface area contributed by atoms with E-state index in [-0.39, 0.29) is 12.8 Å². The third-order valence-electron chi connectivity index (χ3n) is 5.87. The van der Waals surface area contributed by atoms with Crippen LogP contribution in [0.3, 0.4) is 0 Å². The minimum absolute atomic E-state index is 0.157. The van der Waals surface area contributed by atoms with Crippen LogP contribution in [0.2, 0.25) is 5.02 Å². The lowest BCUT2D eigenvalue weighted by Crippen LogP contribution is -2.58. The van der Waals surface area contributed by atoms with Crippen LogP contribution in [-0.4, -0.2) is 54.2 Å². The molecule has 1 saturated heterocycles. The van der Waals surface area contributed by atoms with Crippen molar-refractivity contribution in [3.63, 3.8) is 0 Å². The molecule has 9 nitrogen and oxygen atoms in total. The van der Waals surface area contributed by atoms with E-state index in [1.807, 2.05) is 30.3 Å². The first-order valence-corrected chi connectivity index (χ1v) is 10.3. The predicted molar refractivity (Wildman–Crippen MR) is 116 cm³/mol. The van der Waals surface area contributed by atoms with Crippen LogP contribution in [0.1, 0.15) is 18.0 Å². The van der Waals surface area contributed by atoms with Gasteiger partial charge in [0.15, 0.2) is 17.4 Å². The van der Waals surface area contributed by atoms with Crippen molar-refractivity contribution in [2.45, 2.75) is 12.5 Å². The molecule has 4 amide bonds. The van der Waals surface area contributed by atoms with Gasteiger partial charge in [-0.1, -0.05) is 17.7 Å². The lowest BCUT2D eigenvalue weighted by molar-refractivity contribution is -0.144. The number of barbiturate groups is 1. The lowest BCUT2D eigenvalue weighted by atomic mass is 9.91. The van der Waals surface area contributed by atoms with Gasteiger partial charge >= 0.3 is 6.03 Å². The average molecular weight is 455 g/mol. The summed E-state index contributed by atoms with van der Waals surface area (Å²) in [5, 5.41) is 7.03. The van der Waals surface area contributed by atoms with E-state index in [9.17, 15) is 14.4 Å². The Balaban J connectivity index is 1.55. The van der Waals surface area contributed by atoms with Crippen LogP contribution in [-0.2, 0) is 9.59 Å². The fourth-order valence-electron chi connectivity index (χ4n) is 4.11. The summed E-state index contributed by atoms with van der Waals surface area (Å²) in [6.45, 7) is 0.157. The van der Waals surface area contributed by atoms with Crippen molar-refractivity contribution in [2.24, 2.45) is 11.0 Å². The van der Waals surface area contributed by atoms with E-state index in [2.05, 4.69) is 5.10 Å². The molecule has 0 bridgehead atoms. The van der Waals surface area contributed by atoms with Gasteiger partial charge in [-0.25, -0.2) is 4.79 Å². The standard InChI is InChI=1S/C22H19ClN4O5/c1-25-20(28)19(21(29)26(2)22(25)30)15-10-16(12-3-8-17-18(9-12)32-11-31-17)27(24-15)14-6-4-13(23)5-7-14/h3-9,16,19H,10-11H2,1-2H3. The number of rotatable bonds is 3. The molecule has 0 N–H and O–H groups in total. The number of imide groups is 2. The number of hydrogen-bond acceptors (Lipinski definition) is 7. The second-order valence-corrected chi connectivity index (χ2v) is 8.19. The van der Waals surface area contributed by atoms with E-state index in [4.69, 9.17) is 21.1 Å². The van der Waals surface area contributed by atoms with Crippen molar-refractivity contribution in [3.05, 3.63) is 53.1 Å². The van der Waals surface area contributed by atoms with E-state index >= 15 is 0 Å². The van der Waals surface area contributed by atoms with Crippen LogP contribution in [0.5, 0.6) is 11.5 Å². The van der Waals surface area contributed by atoms with Gasteiger partial charge in [-0.15, -0.1) is 0 Å². The molecule has 3 aliphatic rings. The van der Waals surface area contributed by atoms with E-state index in [0.717, 1.165) is 21.1 Å². The van der Waals surface area contributed by atoms with Gasteiger partial charge in [0.05, 0.1) is 17.4 Å². The van der Waals surface area contributed by atoms with E-state index < -0.39 is 23.8 Å². The van der Waals surface area contributed by atoms with Crippen molar-refractivity contribution in [3.8, 4) is 11.5 Å². The highest BCUT2D eigenvalue weighted by molar-refractivity contribution is 6.30. The number of ether oxygens (including phenoxy) is 2. The van der Waals surface area contributed by atoms with Gasteiger partial charge in [0.25, 0.3) is 0 Å². The Kier molecular flexibility index (Phi) is 4.78. The third kappa shape index (κ3) is 3.16. The lowest BCUT2D eigenvalue weighted by Gasteiger charge is -2.32. The van der Waals surface area contributed by atoms with Crippen molar-refractivity contribution < 1.29 is 23.9 Å². The van der Waals surface area contributed by atoms with Crippen LogP contribution in [0, 0.1) is 5.92 Å². The number of amides is 4. The van der Waals surface area contributed by atoms with Gasteiger partial charge < -0.3 is 9.47 Å². The molecular formula is C22H19ClN4O5. The molecule has 3 heterocycles. The van der Waals surface area contributed by atoms with Crippen molar-refractivity contribution >= 4 is 40.8 Å². The molecule has 32 heavy (non-hydrogen) atoms. The number of carbonyl (C=O) groups is 3. The number of carbonyl (C=O) groups excluding carboxylic acids is 3. The maximum Gasteiger partial charge on any atom is 0.332 e. The minimum Gasteiger partial charge on any atom is -0.454 e. The SMILES string of the molecule is CN1C(=O)C(C2=NN(c3ccc(Cl)cc3)C(c3ccc4c(c3)OCO4)C2)C(=O)N(C)C1=O. The second-order valence-electron chi connectivity index (χ2n) is 7.76. The molecular weight excluding hydrogens is 436 g/mol. The normalized spacial score (nSPS) is 21.0. The highest BCUT2D eigenvalue weighted by atomic mass is 35.5. The van der Waals surface area contributed by atoms with Gasteiger partial charge in [-0.3, -0.25) is 24.4 Å². The number of benzene rings is 2. The summed E-state index contributed by atoms with van der Waals surface area (Å²) in [6.07, 6.45) is 0.320. The first-order valence-electron chi connectivity index (χ1n) is 9.96. The zero-order chi connectivity index (χ0) is 22.6. The molecule has 1 atom stereocenters. The Bertz CT molecular complexity index is 1140. The average Bonchev–Trinajstić information content (AvgIpc) is 3.44. The zero-order valence-corrected chi connectivity index (χ0v) is 18.1. The molecule has 2 aromatic carbocycles. The number of hydrazone groups is 1. The summed E-state index contributed by atoms with van der Waals surface area (Å²) in [7, 11) is 2.73. The minimum atomic E-state index is -1.16. The molecule has 2 aromatic rings. The summed E-state index contributed by atoms with van der Waals surface area (Å²) >= 11 is 6.05. The van der Waals surface area contributed by atoms with Crippen LogP contribution in [0.4, 0.5) is 10.5 Å². The summed E-state index contributed by atoms with van der Waals surface area (Å²) < 4.78 is 10.9.